The van der Waals surface area contributed by atoms with Crippen molar-refractivity contribution < 1.29 is 27.4 Å². The monoisotopic (exact) mass is 446 g/mol. The molecule has 1 aliphatic rings. The van der Waals surface area contributed by atoms with E-state index >= 15 is 0 Å². The second-order valence-electron chi connectivity index (χ2n) is 6.78. The summed E-state index contributed by atoms with van der Waals surface area (Å²) in [7, 11) is 3.22. The predicted octanol–water partition coefficient (Wildman–Crippen LogP) is 0.435. The predicted molar refractivity (Wildman–Crippen MR) is 109 cm³/mol. The number of hydrogen-bond donors (Lipinski definition) is 2. The molecule has 174 valence electrons. The van der Waals surface area contributed by atoms with Gasteiger partial charge in [-0.3, -0.25) is 14.7 Å². The molecule has 0 bridgehead atoms. The largest absolute Gasteiger partial charge is 0.475 e. The standard InChI is InChI=1S/C19H29F3N6O3/c1-23-18(26-7-13-31-17-15(19(20,21)22)4-3-5-25-17)28-10-8-27(9-11-28)14-16(29)24-6-12-30-2/h3-5H,6-14H2,1-2H3,(H,23,26)(H,24,29). The Hall–Kier alpha value is -2.60. The van der Waals surface area contributed by atoms with Crippen LogP contribution in [0.5, 0.6) is 5.88 Å². The maximum Gasteiger partial charge on any atom is 0.421 e. The van der Waals surface area contributed by atoms with Crippen molar-refractivity contribution in [2.24, 2.45) is 4.99 Å². The highest BCUT2D eigenvalue weighted by molar-refractivity contribution is 5.80. The number of hydrogen-bond acceptors (Lipinski definition) is 6. The van der Waals surface area contributed by atoms with Gasteiger partial charge in [-0.05, 0) is 12.1 Å². The van der Waals surface area contributed by atoms with Gasteiger partial charge in [0.1, 0.15) is 12.2 Å². The fraction of sp³-hybridized carbons (Fsp3) is 0.632. The molecule has 1 aromatic heterocycles. The number of amides is 1. The van der Waals surface area contributed by atoms with Gasteiger partial charge < -0.3 is 25.0 Å². The molecule has 0 spiro atoms. The molecule has 1 aliphatic heterocycles. The van der Waals surface area contributed by atoms with E-state index in [0.717, 1.165) is 6.07 Å². The molecule has 31 heavy (non-hydrogen) atoms. The summed E-state index contributed by atoms with van der Waals surface area (Å²) in [5.74, 6) is 0.145. The number of guanidine groups is 1. The fourth-order valence-corrected chi connectivity index (χ4v) is 3.03. The number of piperazine rings is 1. The Morgan fingerprint density at radius 3 is 2.55 bits per heavy atom. The molecule has 2 heterocycles. The first-order valence-corrected chi connectivity index (χ1v) is 9.93. The molecule has 1 amide bonds. The third-order valence-electron chi connectivity index (χ3n) is 4.58. The van der Waals surface area contributed by atoms with Gasteiger partial charge in [0.15, 0.2) is 5.96 Å². The molecule has 0 radical (unpaired) electrons. The van der Waals surface area contributed by atoms with Gasteiger partial charge in [0.05, 0.1) is 19.7 Å². The molecular formula is C19H29F3N6O3. The Labute approximate surface area is 179 Å². The zero-order valence-electron chi connectivity index (χ0n) is 17.7. The normalized spacial score (nSPS) is 15.6. The number of alkyl halides is 3. The molecule has 0 atom stereocenters. The van der Waals surface area contributed by atoms with Crippen LogP contribution in [0.25, 0.3) is 0 Å². The van der Waals surface area contributed by atoms with E-state index in [1.54, 1.807) is 14.2 Å². The van der Waals surface area contributed by atoms with E-state index in [0.29, 0.717) is 51.8 Å². The van der Waals surface area contributed by atoms with Crippen molar-refractivity contribution in [1.82, 2.24) is 25.4 Å². The highest BCUT2D eigenvalue weighted by atomic mass is 19.4. The second-order valence-corrected chi connectivity index (χ2v) is 6.78. The number of methoxy groups -OCH3 is 1. The van der Waals surface area contributed by atoms with Crippen LogP contribution in [0.2, 0.25) is 0 Å². The maximum absolute atomic E-state index is 13.0. The lowest BCUT2D eigenvalue weighted by Gasteiger charge is -2.36. The summed E-state index contributed by atoms with van der Waals surface area (Å²) in [6.07, 6.45) is -3.26. The molecule has 9 nitrogen and oxygen atoms in total. The molecule has 0 aliphatic carbocycles. The van der Waals surface area contributed by atoms with E-state index in [1.807, 2.05) is 4.90 Å². The van der Waals surface area contributed by atoms with E-state index in [1.165, 1.54) is 12.3 Å². The van der Waals surface area contributed by atoms with Gasteiger partial charge in [-0.1, -0.05) is 0 Å². The number of ether oxygens (including phenoxy) is 2. The highest BCUT2D eigenvalue weighted by Crippen LogP contribution is 2.34. The molecule has 0 saturated carbocycles. The molecule has 1 fully saturated rings. The molecular weight excluding hydrogens is 417 g/mol. The lowest BCUT2D eigenvalue weighted by atomic mass is 10.2. The van der Waals surface area contributed by atoms with Crippen LogP contribution < -0.4 is 15.4 Å². The summed E-state index contributed by atoms with van der Waals surface area (Å²) in [5.41, 5.74) is -0.901. The van der Waals surface area contributed by atoms with Crippen molar-refractivity contribution >= 4 is 11.9 Å². The second kappa shape index (κ2) is 12.3. The van der Waals surface area contributed by atoms with Crippen LogP contribution in [0, 0.1) is 0 Å². The van der Waals surface area contributed by atoms with Gasteiger partial charge in [-0.25, -0.2) is 4.98 Å². The van der Waals surface area contributed by atoms with Gasteiger partial charge >= 0.3 is 6.18 Å². The van der Waals surface area contributed by atoms with E-state index in [-0.39, 0.29) is 19.1 Å². The summed E-state index contributed by atoms with van der Waals surface area (Å²) >= 11 is 0. The van der Waals surface area contributed by atoms with Gasteiger partial charge in [0.2, 0.25) is 11.8 Å². The van der Waals surface area contributed by atoms with Crippen LogP contribution in [0.1, 0.15) is 5.56 Å². The van der Waals surface area contributed by atoms with Crippen molar-refractivity contribution in [3.05, 3.63) is 23.9 Å². The van der Waals surface area contributed by atoms with Crippen molar-refractivity contribution in [3.63, 3.8) is 0 Å². The van der Waals surface area contributed by atoms with Crippen molar-refractivity contribution in [2.75, 3.05) is 73.2 Å². The zero-order valence-corrected chi connectivity index (χ0v) is 17.7. The van der Waals surface area contributed by atoms with Crippen LogP contribution in [0.15, 0.2) is 23.3 Å². The Morgan fingerprint density at radius 1 is 1.19 bits per heavy atom. The number of carbonyl (C=O) groups is 1. The SMILES string of the molecule is CN=C(NCCOc1ncccc1C(F)(F)F)N1CCN(CC(=O)NCCOC)CC1. The fourth-order valence-electron chi connectivity index (χ4n) is 3.03. The highest BCUT2D eigenvalue weighted by Gasteiger charge is 2.35. The average Bonchev–Trinajstić information content (AvgIpc) is 2.74. The number of pyridine rings is 1. The van der Waals surface area contributed by atoms with Crippen LogP contribution >= 0.6 is 0 Å². The Balaban J connectivity index is 1.72. The minimum absolute atomic E-state index is 0.000718. The van der Waals surface area contributed by atoms with Gasteiger partial charge in [0.25, 0.3) is 0 Å². The third kappa shape index (κ3) is 8.21. The lowest BCUT2D eigenvalue weighted by Crippen LogP contribution is -2.54. The third-order valence-corrected chi connectivity index (χ3v) is 4.58. The van der Waals surface area contributed by atoms with E-state index in [2.05, 4.69) is 25.5 Å². The van der Waals surface area contributed by atoms with E-state index in [4.69, 9.17) is 9.47 Å². The summed E-state index contributed by atoms with van der Waals surface area (Å²) in [5, 5.41) is 5.88. The number of carbonyl (C=O) groups excluding carboxylic acids is 1. The van der Waals surface area contributed by atoms with Crippen molar-refractivity contribution in [1.29, 1.82) is 0 Å². The number of rotatable bonds is 9. The number of nitrogens with zero attached hydrogens (tertiary/aromatic N) is 4. The molecule has 1 saturated heterocycles. The van der Waals surface area contributed by atoms with Crippen LogP contribution in [0.3, 0.4) is 0 Å². The molecule has 2 N–H and O–H groups in total. The Morgan fingerprint density at radius 2 is 1.90 bits per heavy atom. The average molecular weight is 446 g/mol. The van der Waals surface area contributed by atoms with Crippen LogP contribution in [-0.4, -0.2) is 99.8 Å². The van der Waals surface area contributed by atoms with Crippen LogP contribution in [0.4, 0.5) is 13.2 Å². The number of aliphatic imine (C=N–C) groups is 1. The summed E-state index contributed by atoms with van der Waals surface area (Å²) in [4.78, 5) is 23.9. The molecule has 0 aromatic carbocycles. The summed E-state index contributed by atoms with van der Waals surface area (Å²) in [6, 6.07) is 2.16. The van der Waals surface area contributed by atoms with Gasteiger partial charge in [-0.15, -0.1) is 0 Å². The first kappa shape index (κ1) is 24.7. The first-order chi connectivity index (χ1) is 14.8. The lowest BCUT2D eigenvalue weighted by molar-refractivity contribution is -0.139. The maximum atomic E-state index is 13.0. The topological polar surface area (TPSA) is 91.3 Å². The first-order valence-electron chi connectivity index (χ1n) is 9.93. The van der Waals surface area contributed by atoms with Crippen molar-refractivity contribution in [3.8, 4) is 5.88 Å². The quantitative estimate of drug-likeness (QED) is 0.323. The summed E-state index contributed by atoms with van der Waals surface area (Å²) in [6.45, 7) is 4.27. The number of halogens is 3. The zero-order chi connectivity index (χ0) is 22.7. The summed E-state index contributed by atoms with van der Waals surface area (Å²) < 4.78 is 49.0. The minimum Gasteiger partial charge on any atom is -0.475 e. The van der Waals surface area contributed by atoms with Gasteiger partial charge in [0, 0.05) is 53.1 Å². The Kier molecular flexibility index (Phi) is 9.79. The van der Waals surface area contributed by atoms with E-state index < -0.39 is 17.6 Å². The smallest absolute Gasteiger partial charge is 0.421 e. The molecule has 1 aromatic rings. The van der Waals surface area contributed by atoms with Crippen molar-refractivity contribution in [2.45, 2.75) is 6.18 Å². The molecule has 0 unspecified atom stereocenters. The minimum atomic E-state index is -4.52. The molecule has 2 rings (SSSR count). The molecule has 12 heteroatoms. The Bertz CT molecular complexity index is 724. The van der Waals surface area contributed by atoms with Gasteiger partial charge in [-0.2, -0.15) is 13.2 Å². The number of aromatic nitrogens is 1. The van der Waals surface area contributed by atoms with E-state index in [9.17, 15) is 18.0 Å². The number of nitrogens with one attached hydrogen (secondary N) is 2. The van der Waals surface area contributed by atoms with Crippen LogP contribution in [-0.2, 0) is 15.7 Å².